The lowest BCUT2D eigenvalue weighted by molar-refractivity contribution is -0.123. The summed E-state index contributed by atoms with van der Waals surface area (Å²) in [5, 5.41) is 4.09. The number of hydrogen-bond donors (Lipinski definition) is 1. The van der Waals surface area contributed by atoms with Gasteiger partial charge in [-0.15, -0.1) is 0 Å². The fourth-order valence-electron chi connectivity index (χ4n) is 2.01. The first-order chi connectivity index (χ1) is 12.0. The summed E-state index contributed by atoms with van der Waals surface area (Å²) >= 11 is 3.35. The van der Waals surface area contributed by atoms with Crippen molar-refractivity contribution in [2.24, 2.45) is 5.10 Å². The summed E-state index contributed by atoms with van der Waals surface area (Å²) in [5.74, 6) is 1.48. The van der Waals surface area contributed by atoms with Crippen molar-refractivity contribution in [3.05, 3.63) is 52.5 Å². The second-order valence-electron chi connectivity index (χ2n) is 5.05. The smallest absolute Gasteiger partial charge is 0.277 e. The zero-order valence-electron chi connectivity index (χ0n) is 14.2. The molecule has 0 unspecified atom stereocenters. The number of amides is 1. The van der Waals surface area contributed by atoms with E-state index < -0.39 is 0 Å². The molecule has 132 valence electrons. The lowest BCUT2D eigenvalue weighted by atomic mass is 10.1. The molecule has 0 aliphatic rings. The molecule has 0 bridgehead atoms. The van der Waals surface area contributed by atoms with Crippen LogP contribution >= 0.6 is 15.9 Å². The molecule has 0 fully saturated rings. The number of rotatable bonds is 7. The quantitative estimate of drug-likeness (QED) is 0.565. The van der Waals surface area contributed by atoms with E-state index in [0.717, 1.165) is 10.0 Å². The van der Waals surface area contributed by atoms with Gasteiger partial charge in [0.05, 0.1) is 19.9 Å². The summed E-state index contributed by atoms with van der Waals surface area (Å²) in [6, 6.07) is 12.7. The van der Waals surface area contributed by atoms with Crippen molar-refractivity contribution < 1.29 is 19.0 Å². The molecule has 1 N–H and O–H groups in total. The molecule has 7 heteroatoms. The maximum absolute atomic E-state index is 11.9. The Bertz CT molecular complexity index is 777. The number of carbonyl (C=O) groups excluding carboxylic acids is 1. The number of carbonyl (C=O) groups is 1. The Labute approximate surface area is 154 Å². The van der Waals surface area contributed by atoms with Gasteiger partial charge in [0.15, 0.2) is 18.1 Å². The molecule has 0 atom stereocenters. The molecule has 0 heterocycles. The zero-order chi connectivity index (χ0) is 18.2. The first-order valence-electron chi connectivity index (χ1n) is 7.47. The van der Waals surface area contributed by atoms with Gasteiger partial charge in [-0.3, -0.25) is 4.79 Å². The zero-order valence-corrected chi connectivity index (χ0v) is 15.8. The van der Waals surface area contributed by atoms with Crippen molar-refractivity contribution in [3.63, 3.8) is 0 Å². The Morgan fingerprint density at radius 2 is 1.88 bits per heavy atom. The molecule has 2 aromatic rings. The van der Waals surface area contributed by atoms with E-state index >= 15 is 0 Å². The van der Waals surface area contributed by atoms with Gasteiger partial charge in [0.25, 0.3) is 5.91 Å². The Hall–Kier alpha value is -2.54. The summed E-state index contributed by atoms with van der Waals surface area (Å²) in [6.45, 7) is 1.66. The third-order valence-electron chi connectivity index (χ3n) is 3.32. The summed E-state index contributed by atoms with van der Waals surface area (Å²) in [5.41, 5.74) is 3.92. The monoisotopic (exact) mass is 406 g/mol. The Kier molecular flexibility index (Phi) is 6.82. The maximum atomic E-state index is 11.9. The average Bonchev–Trinajstić information content (AvgIpc) is 2.63. The summed E-state index contributed by atoms with van der Waals surface area (Å²) < 4.78 is 16.7. The van der Waals surface area contributed by atoms with Gasteiger partial charge in [0.1, 0.15) is 5.75 Å². The predicted molar refractivity (Wildman–Crippen MR) is 99.5 cm³/mol. The minimum absolute atomic E-state index is 0.126. The molecular formula is C18H19BrN2O4. The highest BCUT2D eigenvalue weighted by molar-refractivity contribution is 9.10. The summed E-state index contributed by atoms with van der Waals surface area (Å²) in [4.78, 5) is 11.9. The van der Waals surface area contributed by atoms with Crippen LogP contribution in [0.4, 0.5) is 0 Å². The van der Waals surface area contributed by atoms with E-state index in [-0.39, 0.29) is 12.5 Å². The van der Waals surface area contributed by atoms with Crippen LogP contribution in [0.3, 0.4) is 0 Å². The number of hydrogen-bond acceptors (Lipinski definition) is 5. The van der Waals surface area contributed by atoms with Crippen molar-refractivity contribution in [2.45, 2.75) is 6.92 Å². The molecule has 25 heavy (non-hydrogen) atoms. The highest BCUT2D eigenvalue weighted by atomic mass is 79.9. The summed E-state index contributed by atoms with van der Waals surface area (Å²) in [7, 11) is 3.14. The largest absolute Gasteiger partial charge is 0.493 e. The van der Waals surface area contributed by atoms with Crippen molar-refractivity contribution in [1.29, 1.82) is 0 Å². The van der Waals surface area contributed by atoms with E-state index in [1.54, 1.807) is 45.4 Å². The van der Waals surface area contributed by atoms with Crippen LogP contribution in [0.15, 0.2) is 52.0 Å². The van der Waals surface area contributed by atoms with E-state index in [9.17, 15) is 4.79 Å². The maximum Gasteiger partial charge on any atom is 0.277 e. The van der Waals surface area contributed by atoms with Gasteiger partial charge < -0.3 is 14.2 Å². The molecule has 0 spiro atoms. The molecule has 2 aromatic carbocycles. The molecule has 0 aliphatic heterocycles. The summed E-state index contributed by atoms with van der Waals surface area (Å²) in [6.07, 6.45) is 0. The van der Waals surface area contributed by atoms with Gasteiger partial charge in [-0.25, -0.2) is 5.43 Å². The van der Waals surface area contributed by atoms with Gasteiger partial charge in [-0.2, -0.15) is 5.10 Å². The van der Waals surface area contributed by atoms with Gasteiger partial charge in [-0.05, 0) is 43.3 Å². The predicted octanol–water partition coefficient (Wildman–Crippen LogP) is 3.39. The third kappa shape index (κ3) is 5.49. The van der Waals surface area contributed by atoms with E-state index in [2.05, 4.69) is 26.5 Å². The second-order valence-corrected chi connectivity index (χ2v) is 5.96. The molecular weight excluding hydrogens is 388 g/mol. The first kappa shape index (κ1) is 18.8. The van der Waals surface area contributed by atoms with Crippen LogP contribution in [-0.4, -0.2) is 32.4 Å². The van der Waals surface area contributed by atoms with Crippen molar-refractivity contribution in [3.8, 4) is 17.2 Å². The molecule has 0 aromatic heterocycles. The lowest BCUT2D eigenvalue weighted by Gasteiger charge is -2.09. The molecule has 1 amide bonds. The minimum atomic E-state index is -0.347. The van der Waals surface area contributed by atoms with Gasteiger partial charge in [0.2, 0.25) is 0 Å². The normalized spacial score (nSPS) is 11.0. The molecule has 6 nitrogen and oxygen atoms in total. The Morgan fingerprint density at radius 1 is 1.12 bits per heavy atom. The standard InChI is InChI=1S/C18H19BrN2O4/c1-12(13-7-8-16(23-2)17(9-13)24-3)20-21-18(22)11-25-15-6-4-5-14(19)10-15/h4-10H,11H2,1-3H3,(H,21,22). The number of nitrogens with one attached hydrogen (secondary N) is 1. The number of nitrogens with zero attached hydrogens (tertiary/aromatic N) is 1. The van der Waals surface area contributed by atoms with Crippen LogP contribution in [-0.2, 0) is 4.79 Å². The van der Waals surface area contributed by atoms with Crippen LogP contribution in [0.1, 0.15) is 12.5 Å². The van der Waals surface area contributed by atoms with Crippen molar-refractivity contribution in [1.82, 2.24) is 5.43 Å². The first-order valence-corrected chi connectivity index (χ1v) is 8.26. The fourth-order valence-corrected chi connectivity index (χ4v) is 2.39. The fraction of sp³-hybridized carbons (Fsp3) is 0.222. The molecule has 0 radical (unpaired) electrons. The number of halogens is 1. The molecule has 2 rings (SSSR count). The third-order valence-corrected chi connectivity index (χ3v) is 3.81. The van der Waals surface area contributed by atoms with E-state index in [1.807, 2.05) is 18.2 Å². The van der Waals surface area contributed by atoms with Crippen LogP contribution < -0.4 is 19.6 Å². The number of methoxy groups -OCH3 is 2. The molecule has 0 aliphatic carbocycles. The van der Waals surface area contributed by atoms with E-state index in [0.29, 0.717) is 23.0 Å². The second kappa shape index (κ2) is 9.08. The number of ether oxygens (including phenoxy) is 3. The molecule has 0 saturated carbocycles. The van der Waals surface area contributed by atoms with Gasteiger partial charge in [-0.1, -0.05) is 22.0 Å². The lowest BCUT2D eigenvalue weighted by Crippen LogP contribution is -2.25. The van der Waals surface area contributed by atoms with Crippen LogP contribution in [0.2, 0.25) is 0 Å². The van der Waals surface area contributed by atoms with Gasteiger partial charge in [0, 0.05) is 10.0 Å². The number of benzene rings is 2. The van der Waals surface area contributed by atoms with Crippen molar-refractivity contribution >= 4 is 27.5 Å². The Balaban J connectivity index is 1.95. The number of hydrazone groups is 1. The van der Waals surface area contributed by atoms with E-state index in [1.165, 1.54) is 0 Å². The SMILES string of the molecule is COc1ccc(C(C)=NNC(=O)COc2cccc(Br)c2)cc1OC. The highest BCUT2D eigenvalue weighted by Gasteiger charge is 2.07. The Morgan fingerprint density at radius 3 is 2.56 bits per heavy atom. The topological polar surface area (TPSA) is 69.2 Å². The van der Waals surface area contributed by atoms with Gasteiger partial charge >= 0.3 is 0 Å². The van der Waals surface area contributed by atoms with Crippen molar-refractivity contribution in [2.75, 3.05) is 20.8 Å². The average molecular weight is 407 g/mol. The van der Waals surface area contributed by atoms with E-state index in [4.69, 9.17) is 14.2 Å². The molecule has 0 saturated heterocycles. The van der Waals surface area contributed by atoms with Crippen LogP contribution in [0.25, 0.3) is 0 Å². The van der Waals surface area contributed by atoms with Crippen LogP contribution in [0, 0.1) is 0 Å². The highest BCUT2D eigenvalue weighted by Crippen LogP contribution is 2.27. The minimum Gasteiger partial charge on any atom is -0.493 e. The van der Waals surface area contributed by atoms with Crippen LogP contribution in [0.5, 0.6) is 17.2 Å².